The van der Waals surface area contributed by atoms with E-state index in [4.69, 9.17) is 0 Å². The molecule has 0 radical (unpaired) electrons. The summed E-state index contributed by atoms with van der Waals surface area (Å²) in [6.07, 6.45) is 6.51. The third kappa shape index (κ3) is 3.82. The number of aliphatic hydroxyl groups is 1. The van der Waals surface area contributed by atoms with E-state index in [0.29, 0.717) is 6.04 Å². The second kappa shape index (κ2) is 6.86. The number of pyridine rings is 1. The molecular formula is C17H27N3O. The molecule has 4 nitrogen and oxygen atoms in total. The van der Waals surface area contributed by atoms with Crippen molar-refractivity contribution in [2.75, 3.05) is 26.2 Å². The maximum atomic E-state index is 10.2. The minimum Gasteiger partial charge on any atom is -0.391 e. The summed E-state index contributed by atoms with van der Waals surface area (Å²) in [6.45, 7) is 7.38. The van der Waals surface area contributed by atoms with Crippen molar-refractivity contribution in [2.24, 2.45) is 0 Å². The number of nitrogens with zero attached hydrogens (tertiary/aromatic N) is 3. The largest absolute Gasteiger partial charge is 0.391 e. The number of aryl methyl sites for hydroxylation is 1. The van der Waals surface area contributed by atoms with Gasteiger partial charge in [-0.1, -0.05) is 18.9 Å². The van der Waals surface area contributed by atoms with Gasteiger partial charge in [0.2, 0.25) is 0 Å². The van der Waals surface area contributed by atoms with E-state index < -0.39 is 0 Å². The average molecular weight is 289 g/mol. The Labute approximate surface area is 127 Å². The van der Waals surface area contributed by atoms with Gasteiger partial charge in [-0.25, -0.2) is 0 Å². The van der Waals surface area contributed by atoms with E-state index in [1.807, 2.05) is 13.1 Å². The minimum absolute atomic E-state index is 0.105. The highest BCUT2D eigenvalue weighted by molar-refractivity contribution is 5.13. The molecule has 0 aromatic carbocycles. The van der Waals surface area contributed by atoms with Crippen LogP contribution in [0.4, 0.5) is 0 Å². The molecule has 0 unspecified atom stereocenters. The number of aromatic nitrogens is 1. The van der Waals surface area contributed by atoms with Crippen LogP contribution < -0.4 is 0 Å². The zero-order chi connectivity index (χ0) is 14.7. The van der Waals surface area contributed by atoms with Crippen molar-refractivity contribution >= 4 is 0 Å². The summed E-state index contributed by atoms with van der Waals surface area (Å²) in [5.74, 6) is 0. The highest BCUT2D eigenvalue weighted by Gasteiger charge is 2.30. The molecule has 4 heteroatoms. The zero-order valence-corrected chi connectivity index (χ0v) is 13.0. The van der Waals surface area contributed by atoms with Crippen LogP contribution in [-0.4, -0.2) is 58.2 Å². The van der Waals surface area contributed by atoms with Crippen molar-refractivity contribution in [3.63, 3.8) is 0 Å². The van der Waals surface area contributed by atoms with E-state index in [2.05, 4.69) is 26.9 Å². The van der Waals surface area contributed by atoms with E-state index >= 15 is 0 Å². The van der Waals surface area contributed by atoms with Crippen molar-refractivity contribution in [1.29, 1.82) is 0 Å². The lowest BCUT2D eigenvalue weighted by Crippen LogP contribution is -2.54. The predicted octanol–water partition coefficient (Wildman–Crippen LogP) is 1.81. The van der Waals surface area contributed by atoms with E-state index in [1.54, 1.807) is 0 Å². The Morgan fingerprint density at radius 3 is 2.57 bits per heavy atom. The van der Waals surface area contributed by atoms with Gasteiger partial charge in [0.15, 0.2) is 0 Å². The van der Waals surface area contributed by atoms with Gasteiger partial charge >= 0.3 is 0 Å². The van der Waals surface area contributed by atoms with Crippen LogP contribution in [0.15, 0.2) is 18.3 Å². The monoisotopic (exact) mass is 289 g/mol. The molecule has 0 amide bonds. The first-order chi connectivity index (χ1) is 10.2. The first kappa shape index (κ1) is 14.9. The smallest absolute Gasteiger partial charge is 0.0695 e. The summed E-state index contributed by atoms with van der Waals surface area (Å²) >= 11 is 0. The lowest BCUT2D eigenvalue weighted by molar-refractivity contribution is -0.00473. The topological polar surface area (TPSA) is 39.6 Å². The number of hydrogen-bond donors (Lipinski definition) is 1. The van der Waals surface area contributed by atoms with Crippen LogP contribution in [0.25, 0.3) is 0 Å². The molecule has 3 rings (SSSR count). The molecule has 1 saturated carbocycles. The molecule has 2 heterocycles. The molecule has 0 spiro atoms. The van der Waals surface area contributed by atoms with Crippen LogP contribution in [0.5, 0.6) is 0 Å². The van der Waals surface area contributed by atoms with Crippen molar-refractivity contribution < 1.29 is 5.11 Å². The molecule has 1 aliphatic carbocycles. The van der Waals surface area contributed by atoms with Gasteiger partial charge in [-0.2, -0.15) is 0 Å². The molecule has 2 atom stereocenters. The third-order valence-electron chi connectivity index (χ3n) is 4.95. The molecule has 2 fully saturated rings. The fourth-order valence-corrected chi connectivity index (χ4v) is 3.62. The van der Waals surface area contributed by atoms with Gasteiger partial charge < -0.3 is 5.11 Å². The number of hydrogen-bond acceptors (Lipinski definition) is 4. The summed E-state index contributed by atoms with van der Waals surface area (Å²) in [5.41, 5.74) is 2.38. The molecule has 1 aliphatic heterocycles. The molecule has 1 aromatic heterocycles. The van der Waals surface area contributed by atoms with Gasteiger partial charge in [-0.05, 0) is 31.4 Å². The van der Waals surface area contributed by atoms with Crippen LogP contribution in [0.2, 0.25) is 0 Å². The summed E-state index contributed by atoms with van der Waals surface area (Å²) in [4.78, 5) is 9.38. The summed E-state index contributed by atoms with van der Waals surface area (Å²) in [5, 5.41) is 10.2. The molecule has 116 valence electrons. The third-order valence-corrected chi connectivity index (χ3v) is 4.95. The van der Waals surface area contributed by atoms with Crippen molar-refractivity contribution in [2.45, 2.75) is 51.3 Å². The summed E-state index contributed by atoms with van der Waals surface area (Å²) in [7, 11) is 0. The summed E-state index contributed by atoms with van der Waals surface area (Å²) in [6, 6.07) is 4.67. The Bertz CT molecular complexity index is 440. The molecular weight excluding hydrogens is 262 g/mol. The van der Waals surface area contributed by atoms with Crippen LogP contribution in [-0.2, 0) is 6.54 Å². The van der Waals surface area contributed by atoms with Crippen LogP contribution in [0.3, 0.4) is 0 Å². The van der Waals surface area contributed by atoms with Gasteiger partial charge in [-0.15, -0.1) is 0 Å². The standard InChI is InChI=1S/C17H27N3O/c1-14-6-7-15(12-18-14)13-19-8-10-20(11-9-19)16-4-2-3-5-17(16)21/h6-7,12,16-17,21H,2-5,8-11,13H2,1H3/t16-,17-/m0/s1. The van der Waals surface area contributed by atoms with Gasteiger partial charge in [0.05, 0.1) is 6.10 Å². The van der Waals surface area contributed by atoms with E-state index in [-0.39, 0.29) is 6.10 Å². The fraction of sp³-hybridized carbons (Fsp3) is 0.706. The Morgan fingerprint density at radius 1 is 1.14 bits per heavy atom. The maximum absolute atomic E-state index is 10.2. The van der Waals surface area contributed by atoms with E-state index in [0.717, 1.165) is 44.8 Å². The highest BCUT2D eigenvalue weighted by atomic mass is 16.3. The van der Waals surface area contributed by atoms with E-state index in [9.17, 15) is 5.11 Å². The zero-order valence-electron chi connectivity index (χ0n) is 13.0. The summed E-state index contributed by atoms with van der Waals surface area (Å²) < 4.78 is 0. The van der Waals surface area contributed by atoms with Gasteiger partial charge in [0.1, 0.15) is 0 Å². The number of piperazine rings is 1. The van der Waals surface area contributed by atoms with Gasteiger partial charge in [0, 0.05) is 50.7 Å². The van der Waals surface area contributed by atoms with Crippen LogP contribution in [0.1, 0.15) is 36.9 Å². The lowest BCUT2D eigenvalue weighted by atomic mass is 9.91. The SMILES string of the molecule is Cc1ccc(CN2CCN([C@H]3CCCC[C@@H]3O)CC2)cn1. The van der Waals surface area contributed by atoms with Crippen molar-refractivity contribution in [3.05, 3.63) is 29.6 Å². The van der Waals surface area contributed by atoms with Gasteiger partial charge in [-0.3, -0.25) is 14.8 Å². The Hall–Kier alpha value is -0.970. The first-order valence-corrected chi connectivity index (χ1v) is 8.28. The molecule has 1 saturated heterocycles. The fourth-order valence-electron chi connectivity index (χ4n) is 3.62. The first-order valence-electron chi connectivity index (χ1n) is 8.28. The molecule has 2 aliphatic rings. The number of rotatable bonds is 3. The minimum atomic E-state index is -0.105. The lowest BCUT2D eigenvalue weighted by Gasteiger charge is -2.42. The second-order valence-electron chi connectivity index (χ2n) is 6.54. The van der Waals surface area contributed by atoms with Crippen molar-refractivity contribution in [1.82, 2.24) is 14.8 Å². The molecule has 1 N–H and O–H groups in total. The van der Waals surface area contributed by atoms with Gasteiger partial charge in [0.25, 0.3) is 0 Å². The molecule has 0 bridgehead atoms. The predicted molar refractivity (Wildman–Crippen MR) is 84.1 cm³/mol. The quantitative estimate of drug-likeness (QED) is 0.921. The van der Waals surface area contributed by atoms with Crippen molar-refractivity contribution in [3.8, 4) is 0 Å². The second-order valence-corrected chi connectivity index (χ2v) is 6.54. The Balaban J connectivity index is 1.49. The molecule has 21 heavy (non-hydrogen) atoms. The molecule has 1 aromatic rings. The normalized spacial score (nSPS) is 28.7. The highest BCUT2D eigenvalue weighted by Crippen LogP contribution is 2.24. The maximum Gasteiger partial charge on any atom is 0.0695 e. The Morgan fingerprint density at radius 2 is 1.90 bits per heavy atom. The Kier molecular flexibility index (Phi) is 4.88. The average Bonchev–Trinajstić information content (AvgIpc) is 2.51. The number of aliphatic hydroxyl groups excluding tert-OH is 1. The van der Waals surface area contributed by atoms with Crippen LogP contribution in [0, 0.1) is 6.92 Å². The van der Waals surface area contributed by atoms with Crippen LogP contribution >= 0.6 is 0 Å². The van der Waals surface area contributed by atoms with E-state index in [1.165, 1.54) is 24.8 Å².